The van der Waals surface area contributed by atoms with Gasteiger partial charge in [0.1, 0.15) is 6.26 Å². The van der Waals surface area contributed by atoms with Gasteiger partial charge >= 0.3 is 0 Å². The third-order valence-electron chi connectivity index (χ3n) is 5.47. The number of aliphatic imine (C=N–C) groups is 1. The Morgan fingerprint density at radius 2 is 1.83 bits per heavy atom. The van der Waals surface area contributed by atoms with Crippen molar-refractivity contribution in [2.75, 3.05) is 26.7 Å². The molecule has 2 aromatic rings. The first kappa shape index (κ1) is 22.3. The number of benzene rings is 1. The molecular weight excluding hydrogens is 378 g/mol. The van der Waals surface area contributed by atoms with Crippen molar-refractivity contribution < 1.29 is 9.15 Å². The Morgan fingerprint density at radius 1 is 1.17 bits per heavy atom. The first-order chi connectivity index (χ1) is 14.3. The van der Waals surface area contributed by atoms with E-state index in [1.54, 1.807) is 13.3 Å². The van der Waals surface area contributed by atoms with Gasteiger partial charge in [0.05, 0.1) is 24.4 Å². The summed E-state index contributed by atoms with van der Waals surface area (Å²) < 4.78 is 11.5. The summed E-state index contributed by atoms with van der Waals surface area (Å²) in [6.07, 6.45) is 2.19. The van der Waals surface area contributed by atoms with E-state index in [-0.39, 0.29) is 17.7 Å². The van der Waals surface area contributed by atoms with Crippen molar-refractivity contribution in [3.05, 3.63) is 41.8 Å². The average Bonchev–Trinajstić information content (AvgIpc) is 3.17. The van der Waals surface area contributed by atoms with E-state index in [4.69, 9.17) is 9.15 Å². The number of aromatic nitrogens is 1. The monoisotopic (exact) mass is 413 g/mol. The maximum absolute atomic E-state index is 5.87. The fourth-order valence-corrected chi connectivity index (χ4v) is 3.70. The van der Waals surface area contributed by atoms with Crippen LogP contribution in [-0.4, -0.2) is 60.3 Å². The fraction of sp³-hybridized carbons (Fsp3) is 0.565. The van der Waals surface area contributed by atoms with E-state index < -0.39 is 0 Å². The van der Waals surface area contributed by atoms with E-state index in [9.17, 15) is 0 Å². The molecule has 7 heteroatoms. The molecule has 0 saturated carbocycles. The Bertz CT molecular complexity index is 834. The van der Waals surface area contributed by atoms with Gasteiger partial charge < -0.3 is 19.8 Å². The van der Waals surface area contributed by atoms with Gasteiger partial charge in [-0.1, -0.05) is 17.7 Å². The molecule has 0 radical (unpaired) electrons. The molecular formula is C23H35N5O2. The molecule has 0 spiro atoms. The van der Waals surface area contributed by atoms with Crippen LogP contribution in [-0.2, 0) is 11.3 Å². The lowest BCUT2D eigenvalue weighted by Crippen LogP contribution is -2.59. The molecule has 1 aromatic carbocycles. The zero-order chi connectivity index (χ0) is 21.7. The van der Waals surface area contributed by atoms with Crippen LogP contribution < -0.4 is 10.6 Å². The van der Waals surface area contributed by atoms with E-state index in [0.29, 0.717) is 12.4 Å². The van der Waals surface area contributed by atoms with Crippen LogP contribution in [0.2, 0.25) is 0 Å². The Morgan fingerprint density at radius 3 is 2.47 bits per heavy atom. The van der Waals surface area contributed by atoms with Crippen LogP contribution in [0.3, 0.4) is 0 Å². The summed E-state index contributed by atoms with van der Waals surface area (Å²) in [6, 6.07) is 8.16. The molecule has 0 amide bonds. The summed E-state index contributed by atoms with van der Waals surface area (Å²) in [5.41, 5.74) is 3.01. The van der Waals surface area contributed by atoms with E-state index in [0.717, 1.165) is 36.9 Å². The van der Waals surface area contributed by atoms with Crippen LogP contribution in [0.4, 0.5) is 0 Å². The molecule has 1 aliphatic heterocycles. The summed E-state index contributed by atoms with van der Waals surface area (Å²) in [6.45, 7) is 14.0. The van der Waals surface area contributed by atoms with Crippen LogP contribution in [0.15, 0.2) is 39.9 Å². The van der Waals surface area contributed by atoms with Crippen LogP contribution in [0, 0.1) is 6.92 Å². The van der Waals surface area contributed by atoms with E-state index in [1.807, 2.05) is 12.1 Å². The quantitative estimate of drug-likeness (QED) is 0.560. The predicted octanol–water partition coefficient (Wildman–Crippen LogP) is 3.20. The lowest BCUT2D eigenvalue weighted by molar-refractivity contribution is -0.0946. The number of hydrogen-bond donors (Lipinski definition) is 2. The van der Waals surface area contributed by atoms with Crippen molar-refractivity contribution in [1.82, 2.24) is 20.5 Å². The van der Waals surface area contributed by atoms with Gasteiger partial charge in [-0.2, -0.15) is 0 Å². The maximum Gasteiger partial charge on any atom is 0.226 e. The minimum Gasteiger partial charge on any atom is -0.444 e. The van der Waals surface area contributed by atoms with Gasteiger partial charge in [0.25, 0.3) is 0 Å². The standard InChI is InChI=1S/C23H35N5O2/c1-16-7-9-19(10-8-16)21-27-20(14-29-21)11-25-22(24-6)26-15-23(4,5)28-12-17(2)30-18(3)13-28/h7-10,14,17-18H,11-13,15H2,1-6H3,(H2,24,25,26). The summed E-state index contributed by atoms with van der Waals surface area (Å²) in [5, 5.41) is 6.78. The summed E-state index contributed by atoms with van der Waals surface area (Å²) >= 11 is 0. The van der Waals surface area contributed by atoms with Crippen LogP contribution in [0.25, 0.3) is 11.5 Å². The molecule has 164 valence electrons. The Kier molecular flexibility index (Phi) is 7.15. The lowest BCUT2D eigenvalue weighted by atomic mass is 10.00. The normalized spacial score (nSPS) is 20.9. The number of guanidine groups is 1. The third-order valence-corrected chi connectivity index (χ3v) is 5.47. The molecule has 0 bridgehead atoms. The van der Waals surface area contributed by atoms with E-state index in [1.165, 1.54) is 5.56 Å². The molecule has 1 saturated heterocycles. The summed E-state index contributed by atoms with van der Waals surface area (Å²) in [4.78, 5) is 11.4. The van der Waals surface area contributed by atoms with Gasteiger partial charge in [-0.3, -0.25) is 9.89 Å². The first-order valence-electron chi connectivity index (χ1n) is 10.6. The van der Waals surface area contributed by atoms with Crippen molar-refractivity contribution in [2.45, 2.75) is 58.9 Å². The minimum atomic E-state index is -0.0174. The molecule has 2 N–H and O–H groups in total. The highest BCUT2D eigenvalue weighted by atomic mass is 16.5. The van der Waals surface area contributed by atoms with Crippen molar-refractivity contribution in [2.24, 2.45) is 4.99 Å². The van der Waals surface area contributed by atoms with Crippen molar-refractivity contribution in [3.63, 3.8) is 0 Å². The van der Waals surface area contributed by atoms with Crippen LogP contribution >= 0.6 is 0 Å². The highest BCUT2D eigenvalue weighted by molar-refractivity contribution is 5.79. The SMILES string of the molecule is CN=C(NCc1coc(-c2ccc(C)cc2)n1)NCC(C)(C)N1CC(C)OC(C)C1. The van der Waals surface area contributed by atoms with Gasteiger partial charge in [0.15, 0.2) is 5.96 Å². The lowest BCUT2D eigenvalue weighted by Gasteiger charge is -2.45. The Labute approximate surface area is 179 Å². The van der Waals surface area contributed by atoms with Crippen molar-refractivity contribution in [1.29, 1.82) is 0 Å². The topological polar surface area (TPSA) is 74.9 Å². The molecule has 3 rings (SSSR count). The highest BCUT2D eigenvalue weighted by Crippen LogP contribution is 2.21. The third kappa shape index (κ3) is 5.83. The molecule has 2 unspecified atom stereocenters. The fourth-order valence-electron chi connectivity index (χ4n) is 3.70. The Balaban J connectivity index is 1.52. The largest absolute Gasteiger partial charge is 0.444 e. The second-order valence-electron chi connectivity index (χ2n) is 8.76. The molecule has 7 nitrogen and oxygen atoms in total. The molecule has 1 fully saturated rings. The van der Waals surface area contributed by atoms with Crippen LogP contribution in [0.5, 0.6) is 0 Å². The second kappa shape index (κ2) is 9.62. The van der Waals surface area contributed by atoms with E-state index in [2.05, 4.69) is 72.3 Å². The van der Waals surface area contributed by atoms with Gasteiger partial charge in [-0.15, -0.1) is 0 Å². The molecule has 30 heavy (non-hydrogen) atoms. The molecule has 1 aromatic heterocycles. The summed E-state index contributed by atoms with van der Waals surface area (Å²) in [7, 11) is 1.78. The highest BCUT2D eigenvalue weighted by Gasteiger charge is 2.33. The first-order valence-corrected chi connectivity index (χ1v) is 10.6. The second-order valence-corrected chi connectivity index (χ2v) is 8.76. The number of aryl methyl sites for hydroxylation is 1. The van der Waals surface area contributed by atoms with Crippen molar-refractivity contribution >= 4 is 5.96 Å². The number of nitrogens with one attached hydrogen (secondary N) is 2. The number of oxazole rings is 1. The van der Waals surface area contributed by atoms with Gasteiger partial charge in [0.2, 0.25) is 5.89 Å². The molecule has 2 atom stereocenters. The van der Waals surface area contributed by atoms with Gasteiger partial charge in [-0.05, 0) is 46.8 Å². The average molecular weight is 414 g/mol. The van der Waals surface area contributed by atoms with Crippen LogP contribution in [0.1, 0.15) is 39.0 Å². The number of nitrogens with zero attached hydrogens (tertiary/aromatic N) is 3. The predicted molar refractivity (Wildman–Crippen MR) is 121 cm³/mol. The van der Waals surface area contributed by atoms with Gasteiger partial charge in [-0.25, -0.2) is 4.98 Å². The number of morpholine rings is 1. The number of hydrogen-bond acceptors (Lipinski definition) is 5. The zero-order valence-corrected chi connectivity index (χ0v) is 19.0. The summed E-state index contributed by atoms with van der Waals surface area (Å²) in [5.74, 6) is 1.38. The molecule has 2 heterocycles. The molecule has 0 aliphatic carbocycles. The zero-order valence-electron chi connectivity index (χ0n) is 19.0. The Hall–Kier alpha value is -2.38. The smallest absolute Gasteiger partial charge is 0.226 e. The number of rotatable bonds is 6. The van der Waals surface area contributed by atoms with E-state index >= 15 is 0 Å². The number of ether oxygens (including phenoxy) is 1. The maximum atomic E-state index is 5.87. The van der Waals surface area contributed by atoms with Crippen molar-refractivity contribution in [3.8, 4) is 11.5 Å². The minimum absolute atomic E-state index is 0.0174. The molecule has 1 aliphatic rings. The van der Waals surface area contributed by atoms with Gasteiger partial charge in [0, 0.05) is 37.8 Å².